The molecule has 0 fully saturated rings. The van der Waals surface area contributed by atoms with E-state index in [2.05, 4.69) is 0 Å². The molecule has 0 saturated heterocycles. The molecule has 0 bridgehead atoms. The highest BCUT2D eigenvalue weighted by Crippen LogP contribution is 2.12. The topological polar surface area (TPSA) is 20.3 Å². The van der Waals surface area contributed by atoms with Gasteiger partial charge in [0.1, 0.15) is 0 Å². The first kappa shape index (κ1) is 13.1. The second kappa shape index (κ2) is 6.57. The van der Waals surface area contributed by atoms with Crippen molar-refractivity contribution in [2.24, 2.45) is 0 Å². The van der Waals surface area contributed by atoms with Gasteiger partial charge >= 0.3 is 0 Å². The summed E-state index contributed by atoms with van der Waals surface area (Å²) in [7, 11) is 0. The highest BCUT2D eigenvalue weighted by atomic mass is 35.5. The quantitative estimate of drug-likeness (QED) is 0.766. The molecule has 0 spiro atoms. The molecule has 1 heterocycles. The zero-order chi connectivity index (χ0) is 12.8. The lowest BCUT2D eigenvalue weighted by Crippen LogP contribution is -2.32. The van der Waals surface area contributed by atoms with E-state index in [1.165, 1.54) is 11.3 Å². The van der Waals surface area contributed by atoms with Crippen molar-refractivity contribution in [3.05, 3.63) is 58.3 Å². The van der Waals surface area contributed by atoms with Gasteiger partial charge in [-0.1, -0.05) is 30.3 Å². The minimum atomic E-state index is 0.0424. The largest absolute Gasteiger partial charge is 0.333 e. The van der Waals surface area contributed by atoms with Gasteiger partial charge in [0.15, 0.2) is 0 Å². The van der Waals surface area contributed by atoms with Crippen molar-refractivity contribution in [3.63, 3.8) is 0 Å². The molecule has 0 radical (unpaired) electrons. The molecule has 18 heavy (non-hydrogen) atoms. The number of halogens is 1. The van der Waals surface area contributed by atoms with Gasteiger partial charge in [-0.25, -0.2) is 0 Å². The zero-order valence-electron chi connectivity index (χ0n) is 9.88. The van der Waals surface area contributed by atoms with E-state index in [0.717, 1.165) is 11.1 Å². The standard InChI is InChI=1S/C14H14ClNOS/c15-7-8-16(10-12-4-2-1-3-5-12)14(17)13-6-9-18-11-13/h1-6,9,11H,7-8,10H2. The molecule has 94 valence electrons. The lowest BCUT2D eigenvalue weighted by atomic mass is 10.2. The molecule has 1 aromatic heterocycles. The Hall–Kier alpha value is -1.32. The van der Waals surface area contributed by atoms with E-state index in [0.29, 0.717) is 19.0 Å². The van der Waals surface area contributed by atoms with Gasteiger partial charge in [0.2, 0.25) is 0 Å². The van der Waals surface area contributed by atoms with Crippen molar-refractivity contribution in [2.75, 3.05) is 12.4 Å². The van der Waals surface area contributed by atoms with Crippen LogP contribution in [0, 0.1) is 0 Å². The van der Waals surface area contributed by atoms with Crippen LogP contribution in [0.15, 0.2) is 47.2 Å². The summed E-state index contributed by atoms with van der Waals surface area (Å²) in [4.78, 5) is 14.1. The van der Waals surface area contributed by atoms with Crippen molar-refractivity contribution in [2.45, 2.75) is 6.54 Å². The number of carbonyl (C=O) groups is 1. The maximum Gasteiger partial charge on any atom is 0.255 e. The molecule has 4 heteroatoms. The van der Waals surface area contributed by atoms with Crippen LogP contribution in [-0.2, 0) is 6.54 Å². The molecule has 1 aromatic carbocycles. The van der Waals surface area contributed by atoms with Crippen molar-refractivity contribution in [1.29, 1.82) is 0 Å². The van der Waals surface area contributed by atoms with Crippen LogP contribution in [-0.4, -0.2) is 23.2 Å². The van der Waals surface area contributed by atoms with Crippen molar-refractivity contribution in [3.8, 4) is 0 Å². The first-order chi connectivity index (χ1) is 8.81. The molecule has 0 atom stereocenters. The number of rotatable bonds is 5. The summed E-state index contributed by atoms with van der Waals surface area (Å²) < 4.78 is 0. The predicted octanol–water partition coefficient (Wildman–Crippen LogP) is 3.63. The Bertz CT molecular complexity index is 484. The molecular weight excluding hydrogens is 266 g/mol. The number of thiophene rings is 1. The Morgan fingerprint density at radius 1 is 1.22 bits per heavy atom. The van der Waals surface area contributed by atoms with Crippen molar-refractivity contribution in [1.82, 2.24) is 4.90 Å². The first-order valence-corrected chi connectivity index (χ1v) is 7.20. The fourth-order valence-electron chi connectivity index (χ4n) is 1.73. The third-order valence-corrected chi connectivity index (χ3v) is 3.48. The average molecular weight is 280 g/mol. The molecule has 0 saturated carbocycles. The molecule has 2 aromatic rings. The SMILES string of the molecule is O=C(c1ccsc1)N(CCCl)Cc1ccccc1. The second-order valence-corrected chi connectivity index (χ2v) is 5.07. The molecule has 1 amide bonds. The molecule has 0 aliphatic rings. The van der Waals surface area contributed by atoms with Gasteiger partial charge in [0, 0.05) is 24.3 Å². The van der Waals surface area contributed by atoms with Gasteiger partial charge < -0.3 is 4.90 Å². The minimum absolute atomic E-state index is 0.0424. The third kappa shape index (κ3) is 3.34. The summed E-state index contributed by atoms with van der Waals surface area (Å²) in [5.41, 5.74) is 1.85. The van der Waals surface area contributed by atoms with Gasteiger partial charge in [0.05, 0.1) is 5.56 Å². The number of nitrogens with zero attached hydrogens (tertiary/aromatic N) is 1. The van der Waals surface area contributed by atoms with Gasteiger partial charge in [-0.2, -0.15) is 11.3 Å². The molecule has 0 aliphatic carbocycles. The lowest BCUT2D eigenvalue weighted by Gasteiger charge is -2.21. The number of hydrogen-bond acceptors (Lipinski definition) is 2. The van der Waals surface area contributed by atoms with Gasteiger partial charge in [0.25, 0.3) is 5.91 Å². The van der Waals surface area contributed by atoms with Crippen LogP contribution in [0.25, 0.3) is 0 Å². The number of carbonyl (C=O) groups excluding carboxylic acids is 1. The van der Waals surface area contributed by atoms with E-state index in [4.69, 9.17) is 11.6 Å². The number of hydrogen-bond donors (Lipinski definition) is 0. The molecule has 2 rings (SSSR count). The fourth-order valence-corrected chi connectivity index (χ4v) is 2.56. The summed E-state index contributed by atoms with van der Waals surface area (Å²) in [6.07, 6.45) is 0. The number of benzene rings is 1. The van der Waals surface area contributed by atoms with Crippen LogP contribution in [0.1, 0.15) is 15.9 Å². The normalized spacial score (nSPS) is 10.3. The van der Waals surface area contributed by atoms with Gasteiger partial charge in [-0.15, -0.1) is 11.6 Å². The van der Waals surface area contributed by atoms with Crippen LogP contribution in [0.4, 0.5) is 0 Å². The van der Waals surface area contributed by atoms with Crippen molar-refractivity contribution >= 4 is 28.8 Å². The summed E-state index contributed by atoms with van der Waals surface area (Å²) in [5, 5.41) is 3.78. The first-order valence-electron chi connectivity index (χ1n) is 5.72. The summed E-state index contributed by atoms with van der Waals surface area (Å²) >= 11 is 7.31. The molecule has 0 unspecified atom stereocenters. The van der Waals surface area contributed by atoms with E-state index < -0.39 is 0 Å². The monoisotopic (exact) mass is 279 g/mol. The smallest absolute Gasteiger partial charge is 0.255 e. The highest BCUT2D eigenvalue weighted by molar-refractivity contribution is 7.08. The molecule has 0 aliphatic heterocycles. The Labute approximate surface area is 116 Å². The molecular formula is C14H14ClNOS. The zero-order valence-corrected chi connectivity index (χ0v) is 11.5. The Morgan fingerprint density at radius 3 is 2.61 bits per heavy atom. The van der Waals surface area contributed by atoms with E-state index in [9.17, 15) is 4.79 Å². The average Bonchev–Trinajstić information content (AvgIpc) is 2.92. The maximum atomic E-state index is 12.3. The maximum absolute atomic E-state index is 12.3. The summed E-state index contributed by atoms with van der Waals surface area (Å²) in [6, 6.07) is 11.8. The van der Waals surface area contributed by atoms with E-state index in [1.54, 1.807) is 4.90 Å². The van der Waals surface area contributed by atoms with E-state index >= 15 is 0 Å². The van der Waals surface area contributed by atoms with E-state index in [1.807, 2.05) is 47.2 Å². The Kier molecular flexibility index (Phi) is 4.79. The fraction of sp³-hybridized carbons (Fsp3) is 0.214. The highest BCUT2D eigenvalue weighted by Gasteiger charge is 2.15. The third-order valence-electron chi connectivity index (χ3n) is 2.63. The second-order valence-electron chi connectivity index (χ2n) is 3.91. The van der Waals surface area contributed by atoms with Gasteiger partial charge in [-0.05, 0) is 17.0 Å². The Balaban J connectivity index is 2.11. The lowest BCUT2D eigenvalue weighted by molar-refractivity contribution is 0.0754. The van der Waals surface area contributed by atoms with Crippen LogP contribution in [0.2, 0.25) is 0 Å². The van der Waals surface area contributed by atoms with Crippen LogP contribution >= 0.6 is 22.9 Å². The van der Waals surface area contributed by atoms with Crippen LogP contribution in [0.3, 0.4) is 0 Å². The van der Waals surface area contributed by atoms with E-state index in [-0.39, 0.29) is 5.91 Å². The summed E-state index contributed by atoms with van der Waals surface area (Å²) in [5.74, 6) is 0.489. The van der Waals surface area contributed by atoms with Crippen molar-refractivity contribution < 1.29 is 4.79 Å². The minimum Gasteiger partial charge on any atom is -0.333 e. The number of amides is 1. The molecule has 0 N–H and O–H groups in total. The van der Waals surface area contributed by atoms with Crippen LogP contribution in [0.5, 0.6) is 0 Å². The predicted molar refractivity (Wildman–Crippen MR) is 76.2 cm³/mol. The van der Waals surface area contributed by atoms with Crippen LogP contribution < -0.4 is 0 Å². The molecule has 2 nitrogen and oxygen atoms in total. The Morgan fingerprint density at radius 2 is 2.00 bits per heavy atom. The summed E-state index contributed by atoms with van der Waals surface area (Å²) in [6.45, 7) is 1.16. The van der Waals surface area contributed by atoms with Gasteiger partial charge in [-0.3, -0.25) is 4.79 Å². The number of alkyl halides is 1.